The number of carbonyl (C=O) groups is 2. The van der Waals surface area contributed by atoms with E-state index in [0.717, 1.165) is 25.7 Å². The van der Waals surface area contributed by atoms with Crippen LogP contribution >= 0.6 is 0 Å². The Kier molecular flexibility index (Phi) is 6.69. The van der Waals surface area contributed by atoms with E-state index in [0.29, 0.717) is 6.04 Å². The van der Waals surface area contributed by atoms with Crippen LogP contribution in [0.15, 0.2) is 0 Å². The van der Waals surface area contributed by atoms with E-state index in [1.54, 1.807) is 0 Å². The predicted octanol–water partition coefficient (Wildman–Crippen LogP) is 3.01. The third-order valence-corrected chi connectivity index (χ3v) is 4.24. The SMILES string of the molecule is CC(CCC(C)C(=O)NC1CCCC1)NC(=O)C(C)(C)C. The van der Waals surface area contributed by atoms with Crippen molar-refractivity contribution < 1.29 is 9.59 Å². The second-order valence-electron chi connectivity index (χ2n) is 7.59. The Morgan fingerprint density at radius 2 is 1.67 bits per heavy atom. The molecular weight excluding hydrogens is 264 g/mol. The molecule has 2 atom stereocenters. The van der Waals surface area contributed by atoms with Gasteiger partial charge in [-0.2, -0.15) is 0 Å². The molecule has 1 fully saturated rings. The van der Waals surface area contributed by atoms with E-state index in [1.165, 1.54) is 12.8 Å². The second-order valence-corrected chi connectivity index (χ2v) is 7.59. The van der Waals surface area contributed by atoms with Crippen LogP contribution < -0.4 is 10.6 Å². The van der Waals surface area contributed by atoms with Crippen LogP contribution in [0, 0.1) is 11.3 Å². The predicted molar refractivity (Wildman–Crippen MR) is 85.9 cm³/mol. The Balaban J connectivity index is 2.26. The van der Waals surface area contributed by atoms with Gasteiger partial charge in [-0.05, 0) is 32.6 Å². The fraction of sp³-hybridized carbons (Fsp3) is 0.882. The van der Waals surface area contributed by atoms with E-state index < -0.39 is 0 Å². The molecule has 0 aromatic rings. The minimum Gasteiger partial charge on any atom is -0.353 e. The number of hydrogen-bond acceptors (Lipinski definition) is 2. The van der Waals surface area contributed by atoms with Crippen LogP contribution in [0.5, 0.6) is 0 Å². The molecule has 1 rings (SSSR count). The minimum absolute atomic E-state index is 0.0135. The summed E-state index contributed by atoms with van der Waals surface area (Å²) in [6, 6.07) is 0.497. The molecule has 0 aromatic carbocycles. The fourth-order valence-electron chi connectivity index (χ4n) is 2.56. The fourth-order valence-corrected chi connectivity index (χ4v) is 2.56. The van der Waals surface area contributed by atoms with Crippen molar-refractivity contribution in [2.45, 2.75) is 85.2 Å². The summed E-state index contributed by atoms with van der Waals surface area (Å²) in [6.07, 6.45) is 6.35. The molecule has 2 unspecified atom stereocenters. The van der Waals surface area contributed by atoms with Gasteiger partial charge in [0.25, 0.3) is 0 Å². The lowest BCUT2D eigenvalue weighted by Crippen LogP contribution is -2.41. The average Bonchev–Trinajstić information content (AvgIpc) is 2.87. The van der Waals surface area contributed by atoms with Gasteiger partial charge < -0.3 is 10.6 Å². The standard InChI is InChI=1S/C17H32N2O2/c1-12(15(20)19-14-8-6-7-9-14)10-11-13(2)18-16(21)17(3,4)5/h12-14H,6-11H2,1-5H3,(H,18,21)(H,19,20). The van der Waals surface area contributed by atoms with Gasteiger partial charge in [0, 0.05) is 23.4 Å². The monoisotopic (exact) mass is 296 g/mol. The van der Waals surface area contributed by atoms with Gasteiger partial charge in [-0.15, -0.1) is 0 Å². The van der Waals surface area contributed by atoms with E-state index in [4.69, 9.17) is 0 Å². The van der Waals surface area contributed by atoms with Crippen LogP contribution in [0.1, 0.15) is 73.1 Å². The largest absolute Gasteiger partial charge is 0.353 e. The summed E-state index contributed by atoms with van der Waals surface area (Å²) in [6.45, 7) is 9.71. The minimum atomic E-state index is -0.361. The summed E-state index contributed by atoms with van der Waals surface area (Å²) < 4.78 is 0. The maximum Gasteiger partial charge on any atom is 0.225 e. The van der Waals surface area contributed by atoms with Crippen LogP contribution in [0.4, 0.5) is 0 Å². The summed E-state index contributed by atoms with van der Waals surface area (Å²) in [4.78, 5) is 24.0. The molecule has 4 heteroatoms. The number of hydrogen-bond donors (Lipinski definition) is 2. The Morgan fingerprint density at radius 3 is 2.19 bits per heavy atom. The highest BCUT2D eigenvalue weighted by atomic mass is 16.2. The molecule has 0 heterocycles. The molecule has 0 bridgehead atoms. The first-order valence-corrected chi connectivity index (χ1v) is 8.31. The van der Waals surface area contributed by atoms with E-state index in [-0.39, 0.29) is 29.2 Å². The smallest absolute Gasteiger partial charge is 0.225 e. The van der Waals surface area contributed by atoms with Crippen LogP contribution in [0.3, 0.4) is 0 Å². The summed E-state index contributed by atoms with van der Waals surface area (Å²) in [5.41, 5.74) is -0.361. The van der Waals surface area contributed by atoms with Crippen LogP contribution in [-0.2, 0) is 9.59 Å². The quantitative estimate of drug-likeness (QED) is 0.791. The molecular formula is C17H32N2O2. The number of amides is 2. The lowest BCUT2D eigenvalue weighted by Gasteiger charge is -2.23. The molecule has 0 radical (unpaired) electrons. The summed E-state index contributed by atoms with van der Waals surface area (Å²) >= 11 is 0. The Hall–Kier alpha value is -1.06. The van der Waals surface area contributed by atoms with Gasteiger partial charge in [0.2, 0.25) is 11.8 Å². The molecule has 2 amide bonds. The highest BCUT2D eigenvalue weighted by Gasteiger charge is 2.24. The molecule has 0 aliphatic heterocycles. The second kappa shape index (κ2) is 7.81. The van der Waals surface area contributed by atoms with E-state index in [1.807, 2.05) is 34.6 Å². The lowest BCUT2D eigenvalue weighted by atomic mass is 9.94. The number of rotatable bonds is 6. The van der Waals surface area contributed by atoms with Gasteiger partial charge in [-0.25, -0.2) is 0 Å². The van der Waals surface area contributed by atoms with Gasteiger partial charge in [0.1, 0.15) is 0 Å². The third-order valence-electron chi connectivity index (χ3n) is 4.24. The topological polar surface area (TPSA) is 58.2 Å². The van der Waals surface area contributed by atoms with E-state index >= 15 is 0 Å². The van der Waals surface area contributed by atoms with Gasteiger partial charge in [-0.1, -0.05) is 40.5 Å². The van der Waals surface area contributed by atoms with Gasteiger partial charge in [0.15, 0.2) is 0 Å². The van der Waals surface area contributed by atoms with Crippen molar-refractivity contribution in [3.8, 4) is 0 Å². The summed E-state index contributed by atoms with van der Waals surface area (Å²) in [5, 5.41) is 6.16. The molecule has 122 valence electrons. The highest BCUT2D eigenvalue weighted by molar-refractivity contribution is 5.81. The van der Waals surface area contributed by atoms with Crippen molar-refractivity contribution in [2.24, 2.45) is 11.3 Å². The van der Waals surface area contributed by atoms with Crippen molar-refractivity contribution in [1.29, 1.82) is 0 Å². The van der Waals surface area contributed by atoms with Gasteiger partial charge >= 0.3 is 0 Å². The molecule has 1 aliphatic rings. The first kappa shape index (κ1) is 18.0. The highest BCUT2D eigenvalue weighted by Crippen LogP contribution is 2.19. The van der Waals surface area contributed by atoms with Gasteiger partial charge in [0.05, 0.1) is 0 Å². The molecule has 1 saturated carbocycles. The maximum atomic E-state index is 12.1. The molecule has 21 heavy (non-hydrogen) atoms. The van der Waals surface area contributed by atoms with Crippen molar-refractivity contribution in [1.82, 2.24) is 10.6 Å². The van der Waals surface area contributed by atoms with Crippen LogP contribution in [0.2, 0.25) is 0 Å². The number of nitrogens with one attached hydrogen (secondary N) is 2. The number of carbonyl (C=O) groups excluding carboxylic acids is 2. The molecule has 2 N–H and O–H groups in total. The van der Waals surface area contributed by atoms with E-state index in [9.17, 15) is 9.59 Å². The zero-order valence-corrected chi connectivity index (χ0v) is 14.3. The van der Waals surface area contributed by atoms with Crippen molar-refractivity contribution in [3.63, 3.8) is 0 Å². The summed E-state index contributed by atoms with van der Waals surface area (Å²) in [7, 11) is 0. The van der Waals surface area contributed by atoms with E-state index in [2.05, 4.69) is 10.6 Å². The molecule has 0 spiro atoms. The molecule has 4 nitrogen and oxygen atoms in total. The Labute approximate surface area is 129 Å². The summed E-state index contributed by atoms with van der Waals surface area (Å²) in [5.74, 6) is 0.244. The van der Waals surface area contributed by atoms with Crippen LogP contribution in [0.25, 0.3) is 0 Å². The van der Waals surface area contributed by atoms with Crippen molar-refractivity contribution in [2.75, 3.05) is 0 Å². The molecule has 0 saturated heterocycles. The normalized spacial score (nSPS) is 19.1. The third kappa shape index (κ3) is 6.49. The zero-order valence-electron chi connectivity index (χ0n) is 14.3. The zero-order chi connectivity index (χ0) is 16.0. The van der Waals surface area contributed by atoms with Gasteiger partial charge in [-0.3, -0.25) is 9.59 Å². The van der Waals surface area contributed by atoms with Crippen LogP contribution in [-0.4, -0.2) is 23.9 Å². The molecule has 0 aromatic heterocycles. The van der Waals surface area contributed by atoms with Crippen molar-refractivity contribution >= 4 is 11.8 Å². The average molecular weight is 296 g/mol. The maximum absolute atomic E-state index is 12.1. The first-order chi connectivity index (χ1) is 9.70. The first-order valence-electron chi connectivity index (χ1n) is 8.31. The Morgan fingerprint density at radius 1 is 1.10 bits per heavy atom. The molecule has 1 aliphatic carbocycles. The Bertz CT molecular complexity index is 354. The lowest BCUT2D eigenvalue weighted by molar-refractivity contribution is -0.129. The van der Waals surface area contributed by atoms with Crippen molar-refractivity contribution in [3.05, 3.63) is 0 Å².